The van der Waals surface area contributed by atoms with Gasteiger partial charge in [0.2, 0.25) is 0 Å². The Kier molecular flexibility index (Phi) is 5.43. The summed E-state index contributed by atoms with van der Waals surface area (Å²) in [6, 6.07) is -1.22. The van der Waals surface area contributed by atoms with E-state index in [0.717, 1.165) is 19.3 Å². The van der Waals surface area contributed by atoms with Crippen LogP contribution in [0.1, 0.15) is 46.5 Å². The summed E-state index contributed by atoms with van der Waals surface area (Å²) in [4.78, 5) is 25.3. The predicted octanol–water partition coefficient (Wildman–Crippen LogP) is 2.07. The third-order valence-corrected chi connectivity index (χ3v) is 3.95. The molecule has 2 N–H and O–H groups in total. The molecule has 1 rings (SSSR count). The summed E-state index contributed by atoms with van der Waals surface area (Å²) in [6.07, 6.45) is 8.07. The molecular weight excluding hydrogens is 256 g/mol. The Balaban J connectivity index is 2.84. The van der Waals surface area contributed by atoms with Gasteiger partial charge in [0.1, 0.15) is 6.04 Å². The second-order valence-electron chi connectivity index (χ2n) is 5.99. The van der Waals surface area contributed by atoms with Crippen molar-refractivity contribution in [2.24, 2.45) is 5.41 Å². The van der Waals surface area contributed by atoms with Crippen LogP contribution >= 0.6 is 0 Å². The second-order valence-corrected chi connectivity index (χ2v) is 5.99. The molecular formula is C15H24N2O3. The van der Waals surface area contributed by atoms with Gasteiger partial charge in [-0.15, -0.1) is 12.3 Å². The third-order valence-electron chi connectivity index (χ3n) is 3.95. The first-order chi connectivity index (χ1) is 9.33. The van der Waals surface area contributed by atoms with Gasteiger partial charge in [-0.05, 0) is 24.7 Å². The standard InChI is InChI=1S/C15H24N2O3/c1-5-8-11(6-2)16-14(20)17-10-7-9-15(3,4)12(17)13(18)19/h1,11-12H,6-10H2,2-4H3,(H,16,20)(H,18,19). The van der Waals surface area contributed by atoms with Gasteiger partial charge in [0, 0.05) is 19.0 Å². The Morgan fingerprint density at radius 1 is 1.55 bits per heavy atom. The monoisotopic (exact) mass is 280 g/mol. The molecule has 0 aliphatic carbocycles. The lowest BCUT2D eigenvalue weighted by atomic mass is 9.76. The fourth-order valence-corrected chi connectivity index (χ4v) is 2.78. The van der Waals surface area contributed by atoms with Crippen molar-refractivity contribution >= 4 is 12.0 Å². The van der Waals surface area contributed by atoms with Crippen LogP contribution in [0.5, 0.6) is 0 Å². The second kappa shape index (κ2) is 6.65. The lowest BCUT2D eigenvalue weighted by molar-refractivity contribution is -0.148. The summed E-state index contributed by atoms with van der Waals surface area (Å²) in [5, 5.41) is 12.3. The summed E-state index contributed by atoms with van der Waals surface area (Å²) in [5.74, 6) is 1.58. The first-order valence-corrected chi connectivity index (χ1v) is 7.07. The molecule has 112 valence electrons. The number of hydrogen-bond acceptors (Lipinski definition) is 2. The number of terminal acetylenes is 1. The Hall–Kier alpha value is -1.70. The summed E-state index contributed by atoms with van der Waals surface area (Å²) >= 11 is 0. The number of piperidine rings is 1. The quantitative estimate of drug-likeness (QED) is 0.775. The Morgan fingerprint density at radius 3 is 2.70 bits per heavy atom. The van der Waals surface area contributed by atoms with Gasteiger partial charge < -0.3 is 15.3 Å². The highest BCUT2D eigenvalue weighted by atomic mass is 16.4. The van der Waals surface area contributed by atoms with Gasteiger partial charge >= 0.3 is 12.0 Å². The zero-order valence-electron chi connectivity index (χ0n) is 12.5. The van der Waals surface area contributed by atoms with E-state index in [0.29, 0.717) is 13.0 Å². The molecule has 0 saturated carbocycles. The van der Waals surface area contributed by atoms with E-state index in [1.54, 1.807) is 0 Å². The number of urea groups is 1. The molecule has 0 radical (unpaired) electrons. The van der Waals surface area contributed by atoms with E-state index in [2.05, 4.69) is 11.2 Å². The molecule has 2 atom stereocenters. The molecule has 20 heavy (non-hydrogen) atoms. The molecule has 0 bridgehead atoms. The minimum absolute atomic E-state index is 0.105. The van der Waals surface area contributed by atoms with Crippen LogP contribution in [-0.4, -0.2) is 40.6 Å². The van der Waals surface area contributed by atoms with Crippen molar-refractivity contribution in [1.82, 2.24) is 10.2 Å². The highest BCUT2D eigenvalue weighted by Gasteiger charge is 2.44. The van der Waals surface area contributed by atoms with E-state index < -0.39 is 17.4 Å². The minimum Gasteiger partial charge on any atom is -0.480 e. The molecule has 5 heteroatoms. The number of carboxylic acid groups (broad SMARTS) is 1. The number of likely N-dealkylation sites (tertiary alicyclic amines) is 1. The first-order valence-electron chi connectivity index (χ1n) is 7.07. The lowest BCUT2D eigenvalue weighted by Crippen LogP contribution is -2.59. The maximum Gasteiger partial charge on any atom is 0.327 e. The number of aliphatic carboxylic acids is 1. The molecule has 1 saturated heterocycles. The zero-order chi connectivity index (χ0) is 15.3. The molecule has 5 nitrogen and oxygen atoms in total. The highest BCUT2D eigenvalue weighted by molar-refractivity contribution is 5.83. The van der Waals surface area contributed by atoms with E-state index in [1.807, 2.05) is 20.8 Å². The summed E-state index contributed by atoms with van der Waals surface area (Å²) in [5.41, 5.74) is -0.421. The maximum absolute atomic E-state index is 12.3. The lowest BCUT2D eigenvalue weighted by Gasteiger charge is -2.44. The van der Waals surface area contributed by atoms with Crippen LogP contribution < -0.4 is 5.32 Å². The Morgan fingerprint density at radius 2 is 2.20 bits per heavy atom. The van der Waals surface area contributed by atoms with Gasteiger partial charge in [0.05, 0.1) is 0 Å². The van der Waals surface area contributed by atoms with Crippen molar-refractivity contribution in [1.29, 1.82) is 0 Å². The van der Waals surface area contributed by atoms with Gasteiger partial charge in [-0.3, -0.25) is 0 Å². The molecule has 1 heterocycles. The van der Waals surface area contributed by atoms with Crippen molar-refractivity contribution in [3.8, 4) is 12.3 Å². The van der Waals surface area contributed by atoms with E-state index >= 15 is 0 Å². The van der Waals surface area contributed by atoms with E-state index in [-0.39, 0.29) is 12.1 Å². The van der Waals surface area contributed by atoms with Crippen LogP contribution in [-0.2, 0) is 4.79 Å². The van der Waals surface area contributed by atoms with Gasteiger partial charge in [0.15, 0.2) is 0 Å². The van der Waals surface area contributed by atoms with Crippen LogP contribution in [0.3, 0.4) is 0 Å². The molecule has 0 aromatic heterocycles. The fourth-order valence-electron chi connectivity index (χ4n) is 2.78. The molecule has 0 aromatic rings. The zero-order valence-corrected chi connectivity index (χ0v) is 12.5. The average molecular weight is 280 g/mol. The number of carbonyl (C=O) groups is 2. The van der Waals surface area contributed by atoms with E-state index in [1.165, 1.54) is 4.90 Å². The molecule has 0 aromatic carbocycles. The van der Waals surface area contributed by atoms with E-state index in [4.69, 9.17) is 6.42 Å². The summed E-state index contributed by atoms with van der Waals surface area (Å²) in [6.45, 7) is 6.20. The van der Waals surface area contributed by atoms with Crippen molar-refractivity contribution < 1.29 is 14.7 Å². The molecule has 1 fully saturated rings. The molecule has 2 unspecified atom stereocenters. The number of carboxylic acids is 1. The highest BCUT2D eigenvalue weighted by Crippen LogP contribution is 2.35. The number of hydrogen-bond donors (Lipinski definition) is 2. The maximum atomic E-state index is 12.3. The number of nitrogens with one attached hydrogen (secondary N) is 1. The van der Waals surface area contributed by atoms with Crippen molar-refractivity contribution in [3.05, 3.63) is 0 Å². The largest absolute Gasteiger partial charge is 0.480 e. The van der Waals surface area contributed by atoms with Gasteiger partial charge in [0.25, 0.3) is 0 Å². The number of amides is 2. The fraction of sp³-hybridized carbons (Fsp3) is 0.733. The number of rotatable bonds is 4. The van der Waals surface area contributed by atoms with Crippen LogP contribution in [0, 0.1) is 17.8 Å². The van der Waals surface area contributed by atoms with Gasteiger partial charge in [-0.1, -0.05) is 20.8 Å². The molecule has 1 aliphatic rings. The first kappa shape index (κ1) is 16.4. The third kappa shape index (κ3) is 3.66. The predicted molar refractivity (Wildman–Crippen MR) is 77.2 cm³/mol. The van der Waals surface area contributed by atoms with Crippen molar-refractivity contribution in [2.45, 2.75) is 58.5 Å². The van der Waals surface area contributed by atoms with Crippen LogP contribution in [0.15, 0.2) is 0 Å². The summed E-state index contributed by atoms with van der Waals surface area (Å²) < 4.78 is 0. The van der Waals surface area contributed by atoms with Crippen LogP contribution in [0.2, 0.25) is 0 Å². The molecule has 1 aliphatic heterocycles. The molecule has 0 spiro atoms. The van der Waals surface area contributed by atoms with E-state index in [9.17, 15) is 14.7 Å². The summed E-state index contributed by atoms with van der Waals surface area (Å²) in [7, 11) is 0. The van der Waals surface area contributed by atoms with Crippen molar-refractivity contribution in [2.75, 3.05) is 6.54 Å². The Bertz CT molecular complexity index is 412. The number of carbonyl (C=O) groups excluding carboxylic acids is 1. The van der Waals surface area contributed by atoms with Crippen LogP contribution in [0.4, 0.5) is 4.79 Å². The topological polar surface area (TPSA) is 69.6 Å². The van der Waals surface area contributed by atoms with Crippen molar-refractivity contribution in [3.63, 3.8) is 0 Å². The smallest absolute Gasteiger partial charge is 0.327 e. The van der Waals surface area contributed by atoms with Crippen LogP contribution in [0.25, 0.3) is 0 Å². The van der Waals surface area contributed by atoms with Gasteiger partial charge in [-0.25, -0.2) is 9.59 Å². The SMILES string of the molecule is C#CCC(CC)NC(=O)N1CCCC(C)(C)C1C(=O)O. The van der Waals surface area contributed by atoms with Gasteiger partial charge in [-0.2, -0.15) is 0 Å². The Labute approximate surface area is 120 Å². The molecule has 2 amide bonds. The minimum atomic E-state index is -0.949. The normalized spacial score (nSPS) is 22.7. The number of nitrogens with zero attached hydrogens (tertiary/aromatic N) is 1. The average Bonchev–Trinajstić information content (AvgIpc) is 2.35.